The molecule has 0 bridgehead atoms. The van der Waals surface area contributed by atoms with Gasteiger partial charge in [0.1, 0.15) is 0 Å². The minimum atomic E-state index is -0.634. The number of aryl methyl sites for hydroxylation is 1. The highest BCUT2D eigenvalue weighted by atomic mass is 32.2. The molecule has 1 heterocycles. The first-order valence-electron chi connectivity index (χ1n) is 11.3. The van der Waals surface area contributed by atoms with E-state index in [9.17, 15) is 19.2 Å². The summed E-state index contributed by atoms with van der Waals surface area (Å²) in [7, 11) is 0. The molecule has 2 aromatic carbocycles. The number of piperazine rings is 1. The molecule has 3 amide bonds. The highest BCUT2D eigenvalue weighted by Crippen LogP contribution is 2.24. The van der Waals surface area contributed by atoms with Gasteiger partial charge in [-0.25, -0.2) is 9.59 Å². The summed E-state index contributed by atoms with van der Waals surface area (Å²) in [6.07, 6.45) is -0.396. The van der Waals surface area contributed by atoms with Gasteiger partial charge in [0.2, 0.25) is 5.91 Å². The van der Waals surface area contributed by atoms with E-state index in [1.54, 1.807) is 41.0 Å². The predicted molar refractivity (Wildman–Crippen MR) is 132 cm³/mol. The molecule has 35 heavy (non-hydrogen) atoms. The van der Waals surface area contributed by atoms with Crippen molar-refractivity contribution in [3.63, 3.8) is 0 Å². The number of carbonyl (C=O) groups excluding carboxylic acids is 4. The van der Waals surface area contributed by atoms with Gasteiger partial charge in [-0.2, -0.15) is 0 Å². The molecule has 1 aliphatic heterocycles. The summed E-state index contributed by atoms with van der Waals surface area (Å²) in [6.45, 7) is 5.02. The smallest absolute Gasteiger partial charge is 0.409 e. The van der Waals surface area contributed by atoms with E-state index in [1.165, 1.54) is 11.8 Å². The average molecular weight is 500 g/mol. The number of ether oxygens (including phenoxy) is 2. The summed E-state index contributed by atoms with van der Waals surface area (Å²) >= 11 is 1.22. The van der Waals surface area contributed by atoms with E-state index in [2.05, 4.69) is 5.32 Å². The molecule has 2 aromatic rings. The second-order valence-electron chi connectivity index (χ2n) is 7.84. The molecule has 1 N–H and O–H groups in total. The van der Waals surface area contributed by atoms with Crippen LogP contribution in [0.25, 0.3) is 0 Å². The van der Waals surface area contributed by atoms with Crippen molar-refractivity contribution in [3.8, 4) is 0 Å². The highest BCUT2D eigenvalue weighted by molar-refractivity contribution is 8.00. The van der Waals surface area contributed by atoms with Gasteiger partial charge in [0.15, 0.2) is 6.61 Å². The van der Waals surface area contributed by atoms with Crippen molar-refractivity contribution in [3.05, 3.63) is 59.7 Å². The Labute approximate surface area is 208 Å². The Balaban J connectivity index is 1.47. The second kappa shape index (κ2) is 12.8. The fraction of sp³-hybridized carbons (Fsp3) is 0.360. The van der Waals surface area contributed by atoms with Gasteiger partial charge in [-0.05, 0) is 38.1 Å². The van der Waals surface area contributed by atoms with E-state index in [1.807, 2.05) is 31.2 Å². The number of thioether (sulfide) groups is 1. The van der Waals surface area contributed by atoms with Gasteiger partial charge in [0.25, 0.3) is 5.91 Å². The molecule has 1 saturated heterocycles. The molecule has 0 aromatic heterocycles. The highest BCUT2D eigenvalue weighted by Gasteiger charge is 2.25. The minimum Gasteiger partial charge on any atom is -0.452 e. The van der Waals surface area contributed by atoms with E-state index < -0.39 is 18.7 Å². The number of benzene rings is 2. The van der Waals surface area contributed by atoms with Crippen LogP contribution in [0.4, 0.5) is 10.5 Å². The molecular formula is C25H29N3O6S. The lowest BCUT2D eigenvalue weighted by Crippen LogP contribution is -2.51. The van der Waals surface area contributed by atoms with Crippen LogP contribution in [0, 0.1) is 6.92 Å². The molecule has 1 aliphatic rings. The van der Waals surface area contributed by atoms with Crippen LogP contribution in [-0.4, -0.2) is 78.8 Å². The maximum absolute atomic E-state index is 12.7. The fourth-order valence-corrected chi connectivity index (χ4v) is 4.23. The Bertz CT molecular complexity index is 1050. The van der Waals surface area contributed by atoms with Crippen molar-refractivity contribution in [2.24, 2.45) is 0 Å². The Hall–Kier alpha value is -3.53. The van der Waals surface area contributed by atoms with Crippen LogP contribution >= 0.6 is 11.8 Å². The Morgan fingerprint density at radius 3 is 2.26 bits per heavy atom. The van der Waals surface area contributed by atoms with Gasteiger partial charge in [0.05, 0.1) is 17.9 Å². The first kappa shape index (κ1) is 26.1. The van der Waals surface area contributed by atoms with E-state index in [-0.39, 0.29) is 17.6 Å². The zero-order chi connectivity index (χ0) is 25.2. The van der Waals surface area contributed by atoms with E-state index in [0.29, 0.717) is 48.9 Å². The molecule has 9 nitrogen and oxygen atoms in total. The maximum Gasteiger partial charge on any atom is 0.409 e. The molecule has 0 unspecified atom stereocenters. The number of hydrogen-bond donors (Lipinski definition) is 1. The lowest BCUT2D eigenvalue weighted by molar-refractivity contribution is -0.136. The second-order valence-corrected chi connectivity index (χ2v) is 8.86. The Morgan fingerprint density at radius 1 is 0.914 bits per heavy atom. The number of nitrogens with zero attached hydrogens (tertiary/aromatic N) is 2. The van der Waals surface area contributed by atoms with Crippen molar-refractivity contribution < 1.29 is 28.7 Å². The third-order valence-corrected chi connectivity index (χ3v) is 6.36. The van der Waals surface area contributed by atoms with Crippen molar-refractivity contribution >= 4 is 41.3 Å². The quantitative estimate of drug-likeness (QED) is 0.439. The molecule has 3 rings (SSSR count). The van der Waals surface area contributed by atoms with Crippen molar-refractivity contribution in [1.29, 1.82) is 0 Å². The molecular weight excluding hydrogens is 470 g/mol. The normalized spacial score (nSPS) is 13.2. The maximum atomic E-state index is 12.7. The van der Waals surface area contributed by atoms with Gasteiger partial charge in [-0.1, -0.05) is 29.8 Å². The zero-order valence-corrected chi connectivity index (χ0v) is 20.6. The number of hydrogen-bond acceptors (Lipinski definition) is 7. The van der Waals surface area contributed by atoms with E-state index in [0.717, 1.165) is 5.56 Å². The Morgan fingerprint density at radius 2 is 1.57 bits per heavy atom. The monoisotopic (exact) mass is 499 g/mol. The van der Waals surface area contributed by atoms with Crippen LogP contribution in [0.15, 0.2) is 53.4 Å². The fourth-order valence-electron chi connectivity index (χ4n) is 3.39. The summed E-state index contributed by atoms with van der Waals surface area (Å²) in [6, 6.07) is 14.3. The molecule has 1 fully saturated rings. The van der Waals surface area contributed by atoms with E-state index in [4.69, 9.17) is 9.47 Å². The van der Waals surface area contributed by atoms with Gasteiger partial charge in [-0.3, -0.25) is 9.59 Å². The van der Waals surface area contributed by atoms with Crippen molar-refractivity contribution in [2.75, 3.05) is 50.5 Å². The molecule has 10 heteroatoms. The molecule has 0 saturated carbocycles. The third-order valence-electron chi connectivity index (χ3n) is 5.29. The van der Waals surface area contributed by atoms with Crippen LogP contribution < -0.4 is 5.32 Å². The summed E-state index contributed by atoms with van der Waals surface area (Å²) in [5, 5.41) is 2.82. The van der Waals surface area contributed by atoms with E-state index >= 15 is 0 Å². The summed E-state index contributed by atoms with van der Waals surface area (Å²) in [5.74, 6) is -1.05. The van der Waals surface area contributed by atoms with Crippen molar-refractivity contribution in [1.82, 2.24) is 9.80 Å². The largest absolute Gasteiger partial charge is 0.452 e. The summed E-state index contributed by atoms with van der Waals surface area (Å²) in [5.41, 5.74) is 2.10. The number of amides is 3. The Kier molecular flexibility index (Phi) is 9.54. The van der Waals surface area contributed by atoms with Crippen LogP contribution in [0.1, 0.15) is 22.8 Å². The molecule has 186 valence electrons. The lowest BCUT2D eigenvalue weighted by atomic mass is 10.2. The van der Waals surface area contributed by atoms with Gasteiger partial charge in [0, 0.05) is 36.8 Å². The van der Waals surface area contributed by atoms with Gasteiger partial charge >= 0.3 is 12.1 Å². The van der Waals surface area contributed by atoms with Gasteiger partial charge in [-0.15, -0.1) is 11.8 Å². The minimum absolute atomic E-state index is 0.113. The lowest BCUT2D eigenvalue weighted by Gasteiger charge is -2.33. The van der Waals surface area contributed by atoms with Crippen molar-refractivity contribution in [2.45, 2.75) is 18.7 Å². The summed E-state index contributed by atoms with van der Waals surface area (Å²) < 4.78 is 10.2. The SMILES string of the molecule is CCOC(=O)N1CCN(C(=O)COC(=O)c2ccccc2SCC(=O)Nc2ccc(C)cc2)CC1. The number of nitrogens with one attached hydrogen (secondary N) is 1. The van der Waals surface area contributed by atoms with Crippen LogP contribution in [-0.2, 0) is 19.1 Å². The summed E-state index contributed by atoms with van der Waals surface area (Å²) in [4.78, 5) is 52.9. The van der Waals surface area contributed by atoms with Crippen LogP contribution in [0.3, 0.4) is 0 Å². The van der Waals surface area contributed by atoms with Crippen LogP contribution in [0.5, 0.6) is 0 Å². The number of anilines is 1. The third kappa shape index (κ3) is 7.74. The van der Waals surface area contributed by atoms with Crippen LogP contribution in [0.2, 0.25) is 0 Å². The topological polar surface area (TPSA) is 105 Å². The predicted octanol–water partition coefficient (Wildman–Crippen LogP) is 3.18. The number of esters is 1. The first-order valence-corrected chi connectivity index (χ1v) is 12.3. The average Bonchev–Trinajstić information content (AvgIpc) is 2.87. The number of carbonyl (C=O) groups is 4. The molecule has 0 spiro atoms. The molecule has 0 atom stereocenters. The van der Waals surface area contributed by atoms with Gasteiger partial charge < -0.3 is 24.6 Å². The first-order chi connectivity index (χ1) is 16.9. The standard InChI is InChI=1S/C25H29N3O6S/c1-3-33-25(32)28-14-12-27(13-15-28)23(30)16-34-24(31)20-6-4-5-7-21(20)35-17-22(29)26-19-10-8-18(2)9-11-19/h4-11H,3,12-17H2,1-2H3,(H,26,29). The molecule has 0 aliphatic carbocycles. The zero-order valence-electron chi connectivity index (χ0n) is 19.8. The number of rotatable bonds is 8. The molecule has 0 radical (unpaired) electrons.